The van der Waals surface area contributed by atoms with Crippen LogP contribution >= 0.6 is 0 Å². The van der Waals surface area contributed by atoms with E-state index < -0.39 is 0 Å². The highest BCUT2D eigenvalue weighted by Gasteiger charge is 2.45. The van der Waals surface area contributed by atoms with Crippen molar-refractivity contribution >= 4 is 0 Å². The molecule has 162 valence electrons. The maximum Gasteiger partial charge on any atom is 0.127 e. The number of nitrogens with zero attached hydrogens (tertiary/aromatic N) is 3. The van der Waals surface area contributed by atoms with Crippen LogP contribution < -0.4 is 4.74 Å². The van der Waals surface area contributed by atoms with Crippen molar-refractivity contribution in [3.8, 4) is 5.75 Å². The molecule has 1 unspecified atom stereocenters. The summed E-state index contributed by atoms with van der Waals surface area (Å²) < 4.78 is 12.3. The summed E-state index contributed by atoms with van der Waals surface area (Å²) in [6, 6.07) is 2.54. The molecule has 1 saturated carbocycles. The predicted octanol–water partition coefficient (Wildman–Crippen LogP) is 4.21. The van der Waals surface area contributed by atoms with Crippen molar-refractivity contribution in [1.82, 2.24) is 14.8 Å². The Labute approximate surface area is 176 Å². The summed E-state index contributed by atoms with van der Waals surface area (Å²) in [5.41, 5.74) is 2.86. The summed E-state index contributed by atoms with van der Waals surface area (Å²) in [5.74, 6) is 1.10. The lowest BCUT2D eigenvalue weighted by Gasteiger charge is -2.47. The molecular weight excluding hydrogens is 362 g/mol. The maximum atomic E-state index is 6.36. The average molecular weight is 402 g/mol. The molecule has 1 aromatic rings. The molecule has 5 heteroatoms. The molecule has 29 heavy (non-hydrogen) atoms. The van der Waals surface area contributed by atoms with Crippen LogP contribution in [0.1, 0.15) is 76.1 Å². The molecule has 0 bridgehead atoms. The van der Waals surface area contributed by atoms with Crippen LogP contribution in [-0.4, -0.2) is 66.3 Å². The highest BCUT2D eigenvalue weighted by molar-refractivity contribution is 5.40. The zero-order valence-electron chi connectivity index (χ0n) is 18.7. The molecule has 2 saturated heterocycles. The SMILES string of the molecule is CC.CN1CCc2nccc(OC3CCC3)c2C1CCCN1CC2(CCCO2)C1. The largest absolute Gasteiger partial charge is 0.490 e. The Morgan fingerprint density at radius 3 is 2.76 bits per heavy atom. The van der Waals surface area contributed by atoms with Gasteiger partial charge in [0.25, 0.3) is 0 Å². The zero-order chi connectivity index (χ0) is 20.3. The second kappa shape index (κ2) is 9.32. The predicted molar refractivity (Wildman–Crippen MR) is 117 cm³/mol. The lowest BCUT2D eigenvalue weighted by Crippen LogP contribution is -2.61. The van der Waals surface area contributed by atoms with Crippen molar-refractivity contribution in [2.24, 2.45) is 0 Å². The van der Waals surface area contributed by atoms with E-state index in [1.807, 2.05) is 20.0 Å². The van der Waals surface area contributed by atoms with Gasteiger partial charge in [-0.1, -0.05) is 13.8 Å². The average Bonchev–Trinajstić information content (AvgIpc) is 3.17. The minimum absolute atomic E-state index is 0.224. The first-order valence-electron chi connectivity index (χ1n) is 11.9. The molecule has 4 aliphatic rings. The minimum atomic E-state index is 0.224. The fourth-order valence-electron chi connectivity index (χ4n) is 5.29. The van der Waals surface area contributed by atoms with Gasteiger partial charge in [-0.2, -0.15) is 0 Å². The number of pyridine rings is 1. The van der Waals surface area contributed by atoms with Gasteiger partial charge in [-0.15, -0.1) is 0 Å². The molecule has 1 atom stereocenters. The van der Waals surface area contributed by atoms with Gasteiger partial charge in [-0.05, 0) is 64.6 Å². The van der Waals surface area contributed by atoms with Crippen molar-refractivity contribution in [1.29, 1.82) is 0 Å². The van der Waals surface area contributed by atoms with Crippen molar-refractivity contribution in [3.63, 3.8) is 0 Å². The van der Waals surface area contributed by atoms with Crippen LogP contribution in [0.5, 0.6) is 5.75 Å². The van der Waals surface area contributed by atoms with Gasteiger partial charge < -0.3 is 9.47 Å². The van der Waals surface area contributed by atoms with Crippen LogP contribution in [0.4, 0.5) is 0 Å². The van der Waals surface area contributed by atoms with E-state index in [-0.39, 0.29) is 5.60 Å². The van der Waals surface area contributed by atoms with Gasteiger partial charge in [0.1, 0.15) is 5.75 Å². The number of likely N-dealkylation sites (N-methyl/N-ethyl adjacent to an activating group) is 1. The van der Waals surface area contributed by atoms with Gasteiger partial charge in [0.15, 0.2) is 0 Å². The summed E-state index contributed by atoms with van der Waals surface area (Å²) in [4.78, 5) is 9.78. The first kappa shape index (κ1) is 21.1. The van der Waals surface area contributed by atoms with Crippen LogP contribution in [0, 0.1) is 0 Å². The molecule has 0 amide bonds. The maximum absolute atomic E-state index is 6.36. The summed E-state index contributed by atoms with van der Waals surface area (Å²) in [6.07, 6.45) is 12.0. The second-order valence-electron chi connectivity index (χ2n) is 9.07. The number of aromatic nitrogens is 1. The van der Waals surface area contributed by atoms with Crippen LogP contribution in [-0.2, 0) is 11.2 Å². The third kappa shape index (κ3) is 4.47. The molecule has 0 radical (unpaired) electrons. The molecule has 5 nitrogen and oxygen atoms in total. The van der Waals surface area contributed by atoms with Crippen LogP contribution in [0.15, 0.2) is 12.3 Å². The van der Waals surface area contributed by atoms with Crippen molar-refractivity contribution in [2.45, 2.75) is 83.0 Å². The van der Waals surface area contributed by atoms with Gasteiger partial charge in [0.2, 0.25) is 0 Å². The van der Waals surface area contributed by atoms with Gasteiger partial charge in [-0.25, -0.2) is 0 Å². The zero-order valence-corrected chi connectivity index (χ0v) is 18.7. The van der Waals surface area contributed by atoms with Crippen molar-refractivity contribution in [2.75, 3.05) is 39.8 Å². The molecule has 1 aliphatic carbocycles. The van der Waals surface area contributed by atoms with Crippen LogP contribution in [0.3, 0.4) is 0 Å². The lowest BCUT2D eigenvalue weighted by molar-refractivity contribution is -0.111. The standard InChI is InChI=1S/C22H33N3O2.C2H6/c1-24-13-9-18-21(20(8-11-23-18)27-17-5-2-6-17)19(24)7-3-12-25-15-22(16-25)10-4-14-26-22;1-2/h8,11,17,19H,2-7,9-10,12-16H2,1H3;1-2H3. The fraction of sp³-hybridized carbons (Fsp3) is 0.792. The van der Waals surface area contributed by atoms with E-state index in [0.29, 0.717) is 12.1 Å². The van der Waals surface area contributed by atoms with Crippen molar-refractivity contribution < 1.29 is 9.47 Å². The number of ether oxygens (including phenoxy) is 2. The van der Waals surface area contributed by atoms with Gasteiger partial charge in [0.05, 0.1) is 17.4 Å². The third-order valence-corrected chi connectivity index (χ3v) is 7.11. The van der Waals surface area contributed by atoms with Gasteiger partial charge in [-0.3, -0.25) is 14.8 Å². The normalized spacial score (nSPS) is 26.2. The fourth-order valence-corrected chi connectivity index (χ4v) is 5.29. The summed E-state index contributed by atoms with van der Waals surface area (Å²) in [5, 5.41) is 0. The third-order valence-electron chi connectivity index (χ3n) is 7.11. The molecule has 3 aliphatic heterocycles. The van der Waals surface area contributed by atoms with E-state index in [0.717, 1.165) is 38.4 Å². The van der Waals surface area contributed by atoms with E-state index in [2.05, 4.69) is 22.9 Å². The van der Waals surface area contributed by atoms with Crippen LogP contribution in [0.2, 0.25) is 0 Å². The topological polar surface area (TPSA) is 37.8 Å². The smallest absolute Gasteiger partial charge is 0.127 e. The summed E-state index contributed by atoms with van der Waals surface area (Å²) in [7, 11) is 2.26. The highest BCUT2D eigenvalue weighted by Crippen LogP contribution is 2.40. The monoisotopic (exact) mass is 401 g/mol. The van der Waals surface area contributed by atoms with Crippen molar-refractivity contribution in [3.05, 3.63) is 23.5 Å². The number of hydrogen-bond acceptors (Lipinski definition) is 5. The summed E-state index contributed by atoms with van der Waals surface area (Å²) >= 11 is 0. The van der Waals surface area contributed by atoms with E-state index in [9.17, 15) is 0 Å². The summed E-state index contributed by atoms with van der Waals surface area (Å²) in [6.45, 7) is 9.53. The molecular formula is C24H39N3O2. The Morgan fingerprint density at radius 1 is 1.24 bits per heavy atom. The Balaban J connectivity index is 0.000000994. The molecule has 0 aromatic carbocycles. The van der Waals surface area contributed by atoms with Gasteiger partial charge >= 0.3 is 0 Å². The number of rotatable bonds is 6. The molecule has 1 spiro atoms. The quantitative estimate of drug-likeness (QED) is 0.714. The first-order valence-corrected chi connectivity index (χ1v) is 11.9. The molecule has 3 fully saturated rings. The molecule has 5 rings (SSSR count). The van der Waals surface area contributed by atoms with Gasteiger partial charge in [0, 0.05) is 50.5 Å². The van der Waals surface area contributed by atoms with E-state index >= 15 is 0 Å². The number of likely N-dealkylation sites (tertiary alicyclic amines) is 1. The Morgan fingerprint density at radius 2 is 2.07 bits per heavy atom. The molecule has 0 N–H and O–H groups in total. The molecule has 4 heterocycles. The second-order valence-corrected chi connectivity index (χ2v) is 9.07. The molecule has 1 aromatic heterocycles. The number of fused-ring (bicyclic) bond motifs is 1. The Kier molecular flexibility index (Phi) is 6.77. The Bertz CT molecular complexity index is 662. The minimum Gasteiger partial charge on any atom is -0.490 e. The van der Waals surface area contributed by atoms with Crippen LogP contribution in [0.25, 0.3) is 0 Å². The first-order chi connectivity index (χ1) is 14.2. The number of hydrogen-bond donors (Lipinski definition) is 0. The lowest BCUT2D eigenvalue weighted by atomic mass is 9.89. The van der Waals surface area contributed by atoms with E-state index in [1.54, 1.807) is 0 Å². The van der Waals surface area contributed by atoms with E-state index in [1.165, 1.54) is 62.7 Å². The van der Waals surface area contributed by atoms with E-state index in [4.69, 9.17) is 14.5 Å². The highest BCUT2D eigenvalue weighted by atomic mass is 16.5. The Hall–Kier alpha value is -1.17.